The minimum atomic E-state index is -4.22. The highest BCUT2D eigenvalue weighted by atomic mass is 32.2. The van der Waals surface area contributed by atoms with Gasteiger partial charge in [0, 0.05) is 18.3 Å². The Balaban J connectivity index is 2.14. The van der Waals surface area contributed by atoms with E-state index in [-0.39, 0.29) is 28.3 Å². The van der Waals surface area contributed by atoms with Crippen molar-refractivity contribution >= 4 is 27.8 Å². The minimum absolute atomic E-state index is 0.00694. The van der Waals surface area contributed by atoms with Crippen molar-refractivity contribution in [2.24, 2.45) is 0 Å². The zero-order valence-corrected chi connectivity index (χ0v) is 16.8. The van der Waals surface area contributed by atoms with Crippen molar-refractivity contribution in [2.75, 3.05) is 13.2 Å². The van der Waals surface area contributed by atoms with Crippen LogP contribution in [0.3, 0.4) is 0 Å². The Kier molecular flexibility index (Phi) is 7.43. The molecule has 0 saturated heterocycles. The fourth-order valence-corrected chi connectivity index (χ4v) is 3.24. The van der Waals surface area contributed by atoms with E-state index in [9.17, 15) is 22.8 Å². The van der Waals surface area contributed by atoms with E-state index in [1.165, 1.54) is 36.4 Å². The molecule has 0 spiro atoms. The average molecular weight is 419 g/mol. The number of hydrogen-bond donors (Lipinski definition) is 2. The molecule has 0 aliphatic carbocycles. The summed E-state index contributed by atoms with van der Waals surface area (Å²) in [6, 6.07) is 7.85. The Hall–Kier alpha value is -3.27. The molecule has 2 amide bonds. The van der Waals surface area contributed by atoms with E-state index in [2.05, 4.69) is 10.3 Å². The molecule has 1 aromatic heterocycles. The average Bonchev–Trinajstić information content (AvgIpc) is 2.72. The van der Waals surface area contributed by atoms with Crippen LogP contribution < -0.4 is 10.0 Å². The Bertz CT molecular complexity index is 1000. The molecular formula is C19H21N3O6S. The quantitative estimate of drug-likeness (QED) is 0.620. The third-order valence-corrected chi connectivity index (χ3v) is 4.97. The summed E-state index contributed by atoms with van der Waals surface area (Å²) in [6.07, 6.45) is 1.74. The van der Waals surface area contributed by atoms with E-state index >= 15 is 0 Å². The largest absolute Gasteiger partial charge is 0.461 e. The van der Waals surface area contributed by atoms with Crippen LogP contribution in [0.15, 0.2) is 47.5 Å². The van der Waals surface area contributed by atoms with Crippen LogP contribution in [0.5, 0.6) is 0 Å². The lowest BCUT2D eigenvalue weighted by Gasteiger charge is -2.09. The third kappa shape index (κ3) is 5.85. The summed E-state index contributed by atoms with van der Waals surface area (Å²) >= 11 is 0. The van der Waals surface area contributed by atoms with Gasteiger partial charge >= 0.3 is 5.97 Å². The highest BCUT2D eigenvalue weighted by Gasteiger charge is 2.21. The number of hydrogen-bond acceptors (Lipinski definition) is 7. The highest BCUT2D eigenvalue weighted by molar-refractivity contribution is 7.90. The first-order valence-corrected chi connectivity index (χ1v) is 10.4. The predicted molar refractivity (Wildman–Crippen MR) is 104 cm³/mol. The molecule has 0 unspecified atom stereocenters. The van der Waals surface area contributed by atoms with Crippen molar-refractivity contribution in [3.05, 3.63) is 59.4 Å². The van der Waals surface area contributed by atoms with Gasteiger partial charge in [0.05, 0.1) is 17.1 Å². The fraction of sp³-hybridized carbons (Fsp3) is 0.263. The van der Waals surface area contributed by atoms with Gasteiger partial charge in [0.1, 0.15) is 5.69 Å². The van der Waals surface area contributed by atoms with Gasteiger partial charge in [-0.2, -0.15) is 0 Å². The summed E-state index contributed by atoms with van der Waals surface area (Å²) < 4.78 is 31.8. The number of sulfonamides is 1. The minimum Gasteiger partial charge on any atom is -0.461 e. The standard InChI is InChI=1S/C19H21N3O6S/c1-3-10-28-19(25)16-9-8-14(12-21-16)18(24)22-29(26,27)15-7-5-6-13(11-15)17(23)20-4-2/h5-9,11-12H,3-4,10H2,1-2H3,(H,20,23)(H,22,24). The SMILES string of the molecule is CCCOC(=O)c1ccc(C(=O)NS(=O)(=O)c2cccc(C(=O)NCC)c2)cn1. The summed E-state index contributed by atoms with van der Waals surface area (Å²) in [6.45, 7) is 4.22. The molecule has 1 heterocycles. The second-order valence-corrected chi connectivity index (χ2v) is 7.57. The van der Waals surface area contributed by atoms with Crippen LogP contribution in [0.4, 0.5) is 0 Å². The van der Waals surface area contributed by atoms with Crippen molar-refractivity contribution in [3.8, 4) is 0 Å². The molecule has 10 heteroatoms. The van der Waals surface area contributed by atoms with E-state index < -0.39 is 27.8 Å². The fourth-order valence-electron chi connectivity index (χ4n) is 2.22. The number of carbonyl (C=O) groups is 3. The Morgan fingerprint density at radius 2 is 1.79 bits per heavy atom. The maximum absolute atomic E-state index is 12.5. The van der Waals surface area contributed by atoms with Gasteiger partial charge in [0.25, 0.3) is 21.8 Å². The molecule has 0 atom stereocenters. The summed E-state index contributed by atoms with van der Waals surface area (Å²) in [5.74, 6) is -1.98. The van der Waals surface area contributed by atoms with Crippen LogP contribution in [0, 0.1) is 0 Å². The van der Waals surface area contributed by atoms with Gasteiger partial charge in [-0.25, -0.2) is 22.9 Å². The number of benzene rings is 1. The maximum Gasteiger partial charge on any atom is 0.356 e. The van der Waals surface area contributed by atoms with Gasteiger partial charge in [0.15, 0.2) is 0 Å². The van der Waals surface area contributed by atoms with Crippen LogP contribution in [0.1, 0.15) is 51.5 Å². The van der Waals surface area contributed by atoms with Crippen molar-refractivity contribution in [1.82, 2.24) is 15.0 Å². The lowest BCUT2D eigenvalue weighted by Crippen LogP contribution is -2.31. The van der Waals surface area contributed by atoms with Gasteiger partial charge in [-0.1, -0.05) is 13.0 Å². The molecule has 0 saturated carbocycles. The van der Waals surface area contributed by atoms with Crippen LogP contribution in [0.25, 0.3) is 0 Å². The van der Waals surface area contributed by atoms with Crippen molar-refractivity contribution in [1.29, 1.82) is 0 Å². The van der Waals surface area contributed by atoms with Crippen LogP contribution in [0.2, 0.25) is 0 Å². The van der Waals surface area contributed by atoms with Crippen molar-refractivity contribution in [2.45, 2.75) is 25.2 Å². The lowest BCUT2D eigenvalue weighted by atomic mass is 10.2. The van der Waals surface area contributed by atoms with Crippen LogP contribution in [-0.2, 0) is 14.8 Å². The molecule has 2 N–H and O–H groups in total. The maximum atomic E-state index is 12.5. The number of amides is 2. The first-order chi connectivity index (χ1) is 13.8. The van der Waals surface area contributed by atoms with Gasteiger partial charge in [-0.3, -0.25) is 9.59 Å². The molecule has 154 valence electrons. The number of carbonyl (C=O) groups excluding carboxylic acids is 3. The first kappa shape index (κ1) is 22.0. The zero-order chi connectivity index (χ0) is 21.4. The number of ether oxygens (including phenoxy) is 1. The molecule has 1 aromatic carbocycles. The Labute approximate surface area is 168 Å². The first-order valence-electron chi connectivity index (χ1n) is 8.87. The Morgan fingerprint density at radius 1 is 1.03 bits per heavy atom. The molecule has 0 aliphatic heterocycles. The zero-order valence-electron chi connectivity index (χ0n) is 16.0. The van der Waals surface area contributed by atoms with Gasteiger partial charge in [-0.15, -0.1) is 0 Å². The lowest BCUT2D eigenvalue weighted by molar-refractivity contribution is 0.0497. The second kappa shape index (κ2) is 9.78. The van der Waals surface area contributed by atoms with Gasteiger partial charge in [0.2, 0.25) is 0 Å². The second-order valence-electron chi connectivity index (χ2n) is 5.89. The molecule has 0 aliphatic rings. The topological polar surface area (TPSA) is 132 Å². The van der Waals surface area contributed by atoms with E-state index in [4.69, 9.17) is 4.74 Å². The number of pyridine rings is 1. The Morgan fingerprint density at radius 3 is 2.41 bits per heavy atom. The molecule has 2 rings (SSSR count). The molecule has 0 fully saturated rings. The monoisotopic (exact) mass is 419 g/mol. The summed E-state index contributed by atoms with van der Waals surface area (Å²) in [5, 5.41) is 2.57. The molecule has 9 nitrogen and oxygen atoms in total. The van der Waals surface area contributed by atoms with Gasteiger partial charge in [-0.05, 0) is 43.7 Å². The van der Waals surface area contributed by atoms with E-state index in [1.54, 1.807) is 6.92 Å². The highest BCUT2D eigenvalue weighted by Crippen LogP contribution is 2.13. The predicted octanol–water partition coefficient (Wildman–Crippen LogP) is 1.52. The summed E-state index contributed by atoms with van der Waals surface area (Å²) in [4.78, 5) is 39.5. The van der Waals surface area contributed by atoms with E-state index in [0.717, 1.165) is 6.20 Å². The number of nitrogens with one attached hydrogen (secondary N) is 2. The summed E-state index contributed by atoms with van der Waals surface area (Å²) in [5.41, 5.74) is 0.103. The molecule has 0 bridgehead atoms. The number of aromatic nitrogens is 1. The van der Waals surface area contributed by atoms with Crippen LogP contribution >= 0.6 is 0 Å². The van der Waals surface area contributed by atoms with E-state index in [1.807, 2.05) is 11.6 Å². The number of rotatable bonds is 8. The normalized spacial score (nSPS) is 10.8. The van der Waals surface area contributed by atoms with Crippen molar-refractivity contribution in [3.63, 3.8) is 0 Å². The summed E-state index contributed by atoms with van der Waals surface area (Å²) in [7, 11) is -4.22. The molecule has 0 radical (unpaired) electrons. The van der Waals surface area contributed by atoms with Crippen LogP contribution in [-0.4, -0.2) is 44.3 Å². The third-order valence-electron chi connectivity index (χ3n) is 3.64. The van der Waals surface area contributed by atoms with Gasteiger partial charge < -0.3 is 10.1 Å². The van der Waals surface area contributed by atoms with Crippen molar-refractivity contribution < 1.29 is 27.5 Å². The molecular weight excluding hydrogens is 398 g/mol. The molecule has 2 aromatic rings. The number of nitrogens with zero attached hydrogens (tertiary/aromatic N) is 1. The smallest absolute Gasteiger partial charge is 0.356 e. The number of esters is 1. The van der Waals surface area contributed by atoms with E-state index in [0.29, 0.717) is 13.0 Å². The molecule has 29 heavy (non-hydrogen) atoms.